The van der Waals surface area contributed by atoms with Crippen LogP contribution in [0.25, 0.3) is 0 Å². The summed E-state index contributed by atoms with van der Waals surface area (Å²) in [7, 11) is 0. The topological polar surface area (TPSA) is 124 Å². The lowest BCUT2D eigenvalue weighted by molar-refractivity contribution is -0.320. The van der Waals surface area contributed by atoms with Gasteiger partial charge in [0, 0.05) is 19.3 Å². The van der Waals surface area contributed by atoms with Gasteiger partial charge in [-0.3, -0.25) is 4.79 Å². The average molecular weight is 290 g/mol. The largest absolute Gasteiger partial charge is 0.481 e. The quantitative estimate of drug-likeness (QED) is 0.344. The molecule has 8 nitrogen and oxygen atoms in total. The van der Waals surface area contributed by atoms with Crippen molar-refractivity contribution in [3.8, 4) is 0 Å². The highest BCUT2D eigenvalue weighted by atomic mass is 17.2. The van der Waals surface area contributed by atoms with Crippen LogP contribution in [0.4, 0.5) is 0 Å². The molecule has 1 aliphatic carbocycles. The van der Waals surface area contributed by atoms with Gasteiger partial charge in [0.05, 0.1) is 12.5 Å². The molecule has 20 heavy (non-hydrogen) atoms. The summed E-state index contributed by atoms with van der Waals surface area (Å²) in [5.41, 5.74) is 0. The minimum Gasteiger partial charge on any atom is -0.481 e. The summed E-state index contributed by atoms with van der Waals surface area (Å²) in [6, 6.07) is 0. The van der Waals surface area contributed by atoms with Gasteiger partial charge >= 0.3 is 5.97 Å². The van der Waals surface area contributed by atoms with Crippen molar-refractivity contribution < 1.29 is 29.4 Å². The first-order chi connectivity index (χ1) is 9.55. The highest BCUT2D eigenvalue weighted by Crippen LogP contribution is 2.39. The predicted octanol–water partition coefficient (Wildman–Crippen LogP) is 0.372. The Kier molecular flexibility index (Phi) is 6.53. The third-order valence-corrected chi connectivity index (χ3v) is 3.41. The third kappa shape index (κ3) is 4.86. The fourth-order valence-electron chi connectivity index (χ4n) is 2.69. The van der Waals surface area contributed by atoms with Crippen molar-refractivity contribution in [1.82, 2.24) is 0 Å². The summed E-state index contributed by atoms with van der Waals surface area (Å²) < 4.78 is 13.2. The van der Waals surface area contributed by atoms with Crippen molar-refractivity contribution in [2.75, 3.05) is 0 Å². The van der Waals surface area contributed by atoms with Gasteiger partial charge in [-0.15, -0.1) is 0 Å². The Balaban J connectivity index is 0.000000612. The number of aldehydes is 1. The SMILES string of the molecule is O=CC1CC(CC(=O)O)OC2(CCCCC2)O1.O=[O+][O-]. The molecule has 0 aromatic heterocycles. The van der Waals surface area contributed by atoms with Crippen molar-refractivity contribution in [1.29, 1.82) is 0 Å². The van der Waals surface area contributed by atoms with Crippen molar-refractivity contribution in [2.24, 2.45) is 0 Å². The lowest BCUT2D eigenvalue weighted by Gasteiger charge is -2.45. The molecule has 2 aliphatic rings. The maximum atomic E-state index is 10.9. The van der Waals surface area contributed by atoms with E-state index in [9.17, 15) is 9.59 Å². The third-order valence-electron chi connectivity index (χ3n) is 3.41. The molecule has 1 N–H and O–H groups in total. The number of hydrogen-bond acceptors (Lipinski definition) is 6. The smallest absolute Gasteiger partial charge is 0.305 e. The van der Waals surface area contributed by atoms with Crippen molar-refractivity contribution in [3.63, 3.8) is 0 Å². The van der Waals surface area contributed by atoms with Crippen LogP contribution in [-0.4, -0.2) is 35.4 Å². The van der Waals surface area contributed by atoms with Gasteiger partial charge in [-0.2, -0.15) is 0 Å². The van der Waals surface area contributed by atoms with Crippen LogP contribution in [0.3, 0.4) is 0 Å². The van der Waals surface area contributed by atoms with Gasteiger partial charge in [-0.05, 0) is 12.8 Å². The molecule has 1 spiro atoms. The number of carboxylic acid groups (broad SMARTS) is 1. The van der Waals surface area contributed by atoms with Crippen LogP contribution in [0.2, 0.25) is 0 Å². The van der Waals surface area contributed by atoms with Crippen LogP contribution in [0.5, 0.6) is 0 Å². The Morgan fingerprint density at radius 2 is 1.95 bits per heavy atom. The van der Waals surface area contributed by atoms with Crippen LogP contribution >= 0.6 is 0 Å². The molecule has 1 heterocycles. The van der Waals surface area contributed by atoms with E-state index in [4.69, 9.17) is 24.8 Å². The zero-order chi connectivity index (χ0) is 15.0. The maximum absolute atomic E-state index is 10.9. The number of hydrogen-bond donors (Lipinski definition) is 1. The van der Waals surface area contributed by atoms with Gasteiger partial charge in [0.2, 0.25) is 0 Å². The molecule has 8 heteroatoms. The molecule has 1 aliphatic heterocycles. The van der Waals surface area contributed by atoms with Crippen molar-refractivity contribution >= 4 is 12.3 Å². The summed E-state index contributed by atoms with van der Waals surface area (Å²) in [4.78, 5) is 29.5. The Morgan fingerprint density at radius 1 is 1.35 bits per heavy atom. The molecule has 1 saturated heterocycles. The van der Waals surface area contributed by atoms with Gasteiger partial charge in [-0.25, -0.2) is 0 Å². The first kappa shape index (κ1) is 16.5. The van der Waals surface area contributed by atoms with Crippen LogP contribution in [0.15, 0.2) is 0 Å². The van der Waals surface area contributed by atoms with E-state index >= 15 is 0 Å². The Hall–Kier alpha value is -1.54. The molecule has 2 atom stereocenters. The molecular weight excluding hydrogens is 272 g/mol. The lowest BCUT2D eigenvalue weighted by atomic mass is 9.91. The molecule has 0 bridgehead atoms. The highest BCUT2D eigenvalue weighted by molar-refractivity contribution is 5.67. The number of carboxylic acids is 1. The molecule has 2 rings (SSSR count). The molecular formula is C12H18O8. The van der Waals surface area contributed by atoms with Crippen molar-refractivity contribution in [2.45, 2.75) is 62.9 Å². The molecule has 1 saturated carbocycles. The standard InChI is InChI=1S/C12H18O5.O3/c13-8-10-6-9(7-11(14)15)16-12(17-10)4-2-1-3-5-12;1-3-2/h8-10H,1-7H2,(H,14,15);. The van der Waals surface area contributed by atoms with Crippen LogP contribution in [0, 0.1) is 9.71 Å². The fourth-order valence-corrected chi connectivity index (χ4v) is 2.69. The minimum absolute atomic E-state index is 0.0601. The Bertz CT molecular complexity index is 336. The van der Waals surface area contributed by atoms with Crippen LogP contribution in [-0.2, 0) is 19.1 Å². The number of carbonyl (C=O) groups is 2. The average Bonchev–Trinajstić information content (AvgIpc) is 2.39. The second kappa shape index (κ2) is 7.91. The summed E-state index contributed by atoms with van der Waals surface area (Å²) in [5, 5.41) is 16.7. The van der Waals surface area contributed by atoms with Gasteiger partial charge in [0.15, 0.2) is 10.5 Å². The highest BCUT2D eigenvalue weighted by Gasteiger charge is 2.43. The summed E-state index contributed by atoms with van der Waals surface area (Å²) in [5.74, 6) is -1.60. The first-order valence-corrected chi connectivity index (χ1v) is 6.50. The number of carbonyl (C=O) groups excluding carboxylic acids is 1. The van der Waals surface area contributed by atoms with Gasteiger partial charge in [-0.1, -0.05) is 16.6 Å². The van der Waals surface area contributed by atoms with Crippen LogP contribution in [0.1, 0.15) is 44.9 Å². The van der Waals surface area contributed by atoms with E-state index in [2.05, 4.69) is 0 Å². The molecule has 0 radical (unpaired) electrons. The van der Waals surface area contributed by atoms with E-state index in [-0.39, 0.29) is 6.42 Å². The summed E-state index contributed by atoms with van der Waals surface area (Å²) in [6.45, 7) is 0. The van der Waals surface area contributed by atoms with E-state index in [1.165, 1.54) is 0 Å². The van der Waals surface area contributed by atoms with E-state index in [1.807, 2.05) is 0 Å². The summed E-state index contributed by atoms with van der Waals surface area (Å²) >= 11 is 0. The minimum atomic E-state index is -0.896. The number of rotatable bonds is 3. The number of ether oxygens (including phenoxy) is 2. The second-order valence-electron chi connectivity index (χ2n) is 4.91. The lowest BCUT2D eigenvalue weighted by Crippen LogP contribution is -2.50. The normalized spacial score (nSPS) is 28.0. The monoisotopic (exact) mass is 290 g/mol. The second-order valence-corrected chi connectivity index (χ2v) is 4.91. The molecule has 0 aromatic rings. The fraction of sp³-hybridized carbons (Fsp3) is 0.833. The zero-order valence-electron chi connectivity index (χ0n) is 11.0. The van der Waals surface area contributed by atoms with Gasteiger partial charge in [0.1, 0.15) is 12.4 Å². The van der Waals surface area contributed by atoms with Gasteiger partial charge < -0.3 is 19.4 Å². The molecule has 114 valence electrons. The molecule has 2 fully saturated rings. The van der Waals surface area contributed by atoms with Crippen LogP contribution < -0.4 is 5.26 Å². The first-order valence-electron chi connectivity index (χ1n) is 6.50. The van der Waals surface area contributed by atoms with E-state index in [0.717, 1.165) is 38.4 Å². The number of aliphatic carboxylic acids is 1. The molecule has 0 aromatic carbocycles. The molecule has 2 unspecified atom stereocenters. The van der Waals surface area contributed by atoms with E-state index in [0.29, 0.717) is 6.42 Å². The summed E-state index contributed by atoms with van der Waals surface area (Å²) in [6.07, 6.45) is 4.78. The molecule has 0 amide bonds. The van der Waals surface area contributed by atoms with E-state index in [1.54, 1.807) is 4.75 Å². The van der Waals surface area contributed by atoms with E-state index < -0.39 is 24.0 Å². The van der Waals surface area contributed by atoms with Gasteiger partial charge in [0.25, 0.3) is 0 Å². The maximum Gasteiger partial charge on any atom is 0.305 e. The van der Waals surface area contributed by atoms with Crippen molar-refractivity contribution in [3.05, 3.63) is 9.71 Å². The predicted molar refractivity (Wildman–Crippen MR) is 65.2 cm³/mol. The Labute approximate surface area is 115 Å². The zero-order valence-corrected chi connectivity index (χ0v) is 11.0. The Morgan fingerprint density at radius 3 is 2.45 bits per heavy atom.